The second kappa shape index (κ2) is 7.34. The van der Waals surface area contributed by atoms with Crippen LogP contribution in [0.25, 0.3) is 0 Å². The van der Waals surface area contributed by atoms with E-state index < -0.39 is 0 Å². The molecule has 0 aromatic heterocycles. The van der Waals surface area contributed by atoms with Gasteiger partial charge in [-0.15, -0.1) is 0 Å². The van der Waals surface area contributed by atoms with Crippen molar-refractivity contribution in [1.82, 2.24) is 0 Å². The predicted octanol–water partition coefficient (Wildman–Crippen LogP) is 2.57. The average Bonchev–Trinajstić information content (AvgIpc) is 2.13. The molecule has 0 spiro atoms. The van der Waals surface area contributed by atoms with Gasteiger partial charge in [-0.1, -0.05) is 33.6 Å². The molecule has 0 bridgehead atoms. The third-order valence-electron chi connectivity index (χ3n) is 2.71. The summed E-state index contributed by atoms with van der Waals surface area (Å²) < 4.78 is 5.39. The van der Waals surface area contributed by atoms with E-state index in [1.54, 1.807) is 7.11 Å². The third-order valence-corrected chi connectivity index (χ3v) is 2.71. The molecular weight excluding hydrogens is 162 g/mol. The zero-order valence-corrected chi connectivity index (χ0v) is 9.55. The second-order valence-electron chi connectivity index (χ2n) is 3.91. The third kappa shape index (κ3) is 4.63. The van der Waals surface area contributed by atoms with Crippen molar-refractivity contribution < 1.29 is 4.74 Å². The van der Waals surface area contributed by atoms with Gasteiger partial charge >= 0.3 is 0 Å². The van der Waals surface area contributed by atoms with Crippen molar-refractivity contribution in [3.8, 4) is 0 Å². The van der Waals surface area contributed by atoms with Gasteiger partial charge in [-0.05, 0) is 18.8 Å². The zero-order valence-electron chi connectivity index (χ0n) is 9.55. The molecule has 0 aliphatic carbocycles. The monoisotopic (exact) mass is 187 g/mol. The summed E-state index contributed by atoms with van der Waals surface area (Å²) in [4.78, 5) is 0. The minimum atomic E-state index is 0.199. The minimum absolute atomic E-state index is 0.199. The van der Waals surface area contributed by atoms with Crippen LogP contribution in [0.4, 0.5) is 0 Å². The molecule has 0 aliphatic heterocycles. The number of methoxy groups -OCH3 is 1. The van der Waals surface area contributed by atoms with Gasteiger partial charge in [0.2, 0.25) is 0 Å². The Morgan fingerprint density at radius 2 is 1.69 bits per heavy atom. The van der Waals surface area contributed by atoms with E-state index in [2.05, 4.69) is 20.8 Å². The van der Waals surface area contributed by atoms with Crippen molar-refractivity contribution in [1.29, 1.82) is 0 Å². The molecule has 0 heterocycles. The highest BCUT2D eigenvalue weighted by molar-refractivity contribution is 4.77. The molecule has 3 atom stereocenters. The molecule has 0 aromatic carbocycles. The number of hydrogen-bond acceptors (Lipinski definition) is 2. The van der Waals surface area contributed by atoms with Gasteiger partial charge in [-0.3, -0.25) is 0 Å². The quantitative estimate of drug-likeness (QED) is 0.665. The fraction of sp³-hybridized carbons (Fsp3) is 1.00. The molecule has 2 nitrogen and oxygen atoms in total. The molecule has 2 N–H and O–H groups in total. The van der Waals surface area contributed by atoms with Gasteiger partial charge in [0.25, 0.3) is 0 Å². The minimum Gasteiger partial charge on any atom is -0.380 e. The van der Waals surface area contributed by atoms with E-state index in [-0.39, 0.29) is 12.1 Å². The van der Waals surface area contributed by atoms with Gasteiger partial charge in [0.15, 0.2) is 0 Å². The normalized spacial score (nSPS) is 18.2. The van der Waals surface area contributed by atoms with Gasteiger partial charge in [0.1, 0.15) is 0 Å². The molecule has 13 heavy (non-hydrogen) atoms. The van der Waals surface area contributed by atoms with E-state index in [9.17, 15) is 0 Å². The fourth-order valence-corrected chi connectivity index (χ4v) is 1.77. The standard InChI is InChI=1S/C11H25NO/c1-5-7-9(3)11(12)10(13-4)8-6-2/h9-11H,5-8,12H2,1-4H3. The Bertz CT molecular complexity index is 117. The summed E-state index contributed by atoms with van der Waals surface area (Å²) in [5.41, 5.74) is 6.12. The van der Waals surface area contributed by atoms with Crippen molar-refractivity contribution in [3.05, 3.63) is 0 Å². The molecule has 3 unspecified atom stereocenters. The highest BCUT2D eigenvalue weighted by Crippen LogP contribution is 2.16. The van der Waals surface area contributed by atoms with Crippen LogP contribution in [0.3, 0.4) is 0 Å². The van der Waals surface area contributed by atoms with Gasteiger partial charge in [0.05, 0.1) is 6.10 Å². The maximum absolute atomic E-state index is 6.12. The Kier molecular flexibility index (Phi) is 7.29. The van der Waals surface area contributed by atoms with Crippen molar-refractivity contribution >= 4 is 0 Å². The molecule has 0 fully saturated rings. The molecule has 0 aliphatic rings. The van der Waals surface area contributed by atoms with Crippen molar-refractivity contribution in [3.63, 3.8) is 0 Å². The van der Waals surface area contributed by atoms with Crippen LogP contribution in [0, 0.1) is 5.92 Å². The Balaban J connectivity index is 3.94. The first-order valence-electron chi connectivity index (χ1n) is 5.45. The Morgan fingerprint density at radius 1 is 1.15 bits per heavy atom. The topological polar surface area (TPSA) is 35.2 Å². The SMILES string of the molecule is CCCC(C)C(N)C(CCC)OC. The summed E-state index contributed by atoms with van der Waals surface area (Å²) in [6.45, 7) is 6.59. The molecule has 0 saturated heterocycles. The van der Waals surface area contributed by atoms with E-state index in [1.165, 1.54) is 12.8 Å². The van der Waals surface area contributed by atoms with Gasteiger partial charge < -0.3 is 10.5 Å². The first-order chi connectivity index (χ1) is 6.17. The first kappa shape index (κ1) is 12.9. The Morgan fingerprint density at radius 3 is 2.08 bits per heavy atom. The van der Waals surface area contributed by atoms with E-state index in [0.29, 0.717) is 5.92 Å². The summed E-state index contributed by atoms with van der Waals surface area (Å²) in [6, 6.07) is 0.199. The van der Waals surface area contributed by atoms with Crippen LogP contribution in [-0.4, -0.2) is 19.3 Å². The lowest BCUT2D eigenvalue weighted by atomic mass is 9.91. The Hall–Kier alpha value is -0.0800. The number of rotatable bonds is 7. The molecule has 0 amide bonds. The summed E-state index contributed by atoms with van der Waals surface area (Å²) >= 11 is 0. The van der Waals surface area contributed by atoms with E-state index in [0.717, 1.165) is 12.8 Å². The molecule has 2 heteroatoms. The lowest BCUT2D eigenvalue weighted by molar-refractivity contribution is 0.0555. The smallest absolute Gasteiger partial charge is 0.0724 e. The number of ether oxygens (including phenoxy) is 1. The van der Waals surface area contributed by atoms with E-state index >= 15 is 0 Å². The summed E-state index contributed by atoms with van der Waals surface area (Å²) in [5, 5.41) is 0. The van der Waals surface area contributed by atoms with Crippen molar-refractivity contribution in [2.24, 2.45) is 11.7 Å². The van der Waals surface area contributed by atoms with Crippen molar-refractivity contribution in [2.45, 2.75) is 58.6 Å². The predicted molar refractivity (Wildman–Crippen MR) is 57.8 cm³/mol. The van der Waals surface area contributed by atoms with Crippen molar-refractivity contribution in [2.75, 3.05) is 7.11 Å². The second-order valence-corrected chi connectivity index (χ2v) is 3.91. The number of hydrogen-bond donors (Lipinski definition) is 1. The van der Waals surface area contributed by atoms with E-state index in [1.807, 2.05) is 0 Å². The largest absolute Gasteiger partial charge is 0.380 e. The molecule has 0 radical (unpaired) electrons. The maximum atomic E-state index is 6.12. The highest BCUT2D eigenvalue weighted by Gasteiger charge is 2.21. The van der Waals surface area contributed by atoms with E-state index in [4.69, 9.17) is 10.5 Å². The first-order valence-corrected chi connectivity index (χ1v) is 5.45. The molecule has 80 valence electrons. The lowest BCUT2D eigenvalue weighted by Crippen LogP contribution is -2.41. The summed E-state index contributed by atoms with van der Waals surface area (Å²) in [6.07, 6.45) is 4.87. The number of nitrogens with two attached hydrogens (primary N) is 1. The lowest BCUT2D eigenvalue weighted by Gasteiger charge is -2.27. The molecule has 0 saturated carbocycles. The average molecular weight is 187 g/mol. The van der Waals surface area contributed by atoms with Crippen LogP contribution in [0.15, 0.2) is 0 Å². The van der Waals surface area contributed by atoms with Crippen LogP contribution in [0.2, 0.25) is 0 Å². The Labute approximate surface area is 82.8 Å². The van der Waals surface area contributed by atoms with Gasteiger partial charge in [-0.25, -0.2) is 0 Å². The van der Waals surface area contributed by atoms with Crippen LogP contribution < -0.4 is 5.73 Å². The molecular formula is C11H25NO. The van der Waals surface area contributed by atoms with Crippen LogP contribution >= 0.6 is 0 Å². The van der Waals surface area contributed by atoms with Crippen LogP contribution in [0.5, 0.6) is 0 Å². The zero-order chi connectivity index (χ0) is 10.3. The van der Waals surface area contributed by atoms with Crippen LogP contribution in [-0.2, 0) is 4.74 Å². The molecule has 0 aromatic rings. The summed E-state index contributed by atoms with van der Waals surface area (Å²) in [5.74, 6) is 0.571. The maximum Gasteiger partial charge on any atom is 0.0724 e. The van der Waals surface area contributed by atoms with Gasteiger partial charge in [-0.2, -0.15) is 0 Å². The van der Waals surface area contributed by atoms with Gasteiger partial charge in [0, 0.05) is 13.2 Å². The highest BCUT2D eigenvalue weighted by atomic mass is 16.5. The van der Waals surface area contributed by atoms with Crippen LogP contribution in [0.1, 0.15) is 46.5 Å². The fourth-order valence-electron chi connectivity index (χ4n) is 1.77. The summed E-state index contributed by atoms with van der Waals surface area (Å²) in [7, 11) is 1.76. The molecule has 0 rings (SSSR count).